The molecule has 0 unspecified atom stereocenters. The van der Waals surface area contributed by atoms with Crippen LogP contribution >= 0.6 is 0 Å². The Hall–Kier alpha value is -2.25. The van der Waals surface area contributed by atoms with Gasteiger partial charge >= 0.3 is 6.18 Å². The van der Waals surface area contributed by atoms with Crippen molar-refractivity contribution in [1.29, 1.82) is 0 Å². The molecule has 2 N–H and O–H groups in total. The number of nitrogens with zero attached hydrogens (tertiary/aromatic N) is 1. The van der Waals surface area contributed by atoms with Crippen LogP contribution < -0.4 is 10.9 Å². The summed E-state index contributed by atoms with van der Waals surface area (Å²) >= 11 is 0. The Labute approximate surface area is 117 Å². The molecule has 2 rings (SSSR count). The lowest BCUT2D eigenvalue weighted by atomic mass is 10.1. The van der Waals surface area contributed by atoms with Crippen molar-refractivity contribution in [2.24, 2.45) is 0 Å². The van der Waals surface area contributed by atoms with Crippen LogP contribution in [-0.2, 0) is 17.5 Å². The first-order valence-corrected chi connectivity index (χ1v) is 6.40. The van der Waals surface area contributed by atoms with Gasteiger partial charge in [-0.2, -0.15) is 13.2 Å². The standard InChI is InChI=1S/C13H14F3N3O2/c1-2-3-11(20)17-7-9-10(13(14,15)16)6-8-4-5-18-19(8)12(9)21/h4-6,18H,2-3,7H2,1H3,(H,17,20). The average molecular weight is 301 g/mol. The molecule has 0 saturated heterocycles. The number of aromatic nitrogens is 2. The number of nitrogens with one attached hydrogen (secondary N) is 2. The minimum Gasteiger partial charge on any atom is -0.352 e. The molecule has 8 heteroatoms. The van der Waals surface area contributed by atoms with Crippen LogP contribution in [0.5, 0.6) is 0 Å². The second-order valence-corrected chi connectivity index (χ2v) is 4.59. The highest BCUT2D eigenvalue weighted by Crippen LogP contribution is 2.31. The normalized spacial score (nSPS) is 11.8. The van der Waals surface area contributed by atoms with E-state index in [0.717, 1.165) is 10.6 Å². The maximum atomic E-state index is 13.1. The summed E-state index contributed by atoms with van der Waals surface area (Å²) in [7, 11) is 0. The van der Waals surface area contributed by atoms with Crippen LogP contribution in [0.15, 0.2) is 23.1 Å². The molecule has 21 heavy (non-hydrogen) atoms. The van der Waals surface area contributed by atoms with E-state index < -0.39 is 29.4 Å². The van der Waals surface area contributed by atoms with Gasteiger partial charge in [0.25, 0.3) is 5.56 Å². The van der Waals surface area contributed by atoms with Gasteiger partial charge in [-0.1, -0.05) is 6.92 Å². The Morgan fingerprint density at radius 2 is 2.14 bits per heavy atom. The van der Waals surface area contributed by atoms with Crippen LogP contribution in [0.3, 0.4) is 0 Å². The fourth-order valence-corrected chi connectivity index (χ4v) is 2.05. The van der Waals surface area contributed by atoms with Crippen molar-refractivity contribution in [3.8, 4) is 0 Å². The van der Waals surface area contributed by atoms with Gasteiger partial charge in [0, 0.05) is 19.2 Å². The number of alkyl halides is 3. The van der Waals surface area contributed by atoms with E-state index in [1.807, 2.05) is 0 Å². The van der Waals surface area contributed by atoms with E-state index in [2.05, 4.69) is 10.4 Å². The van der Waals surface area contributed by atoms with Gasteiger partial charge in [-0.05, 0) is 18.6 Å². The lowest BCUT2D eigenvalue weighted by Gasteiger charge is -2.13. The van der Waals surface area contributed by atoms with Crippen LogP contribution in [0.2, 0.25) is 0 Å². The number of H-pyrrole nitrogens is 1. The number of carbonyl (C=O) groups is 1. The first-order chi connectivity index (χ1) is 9.84. The summed E-state index contributed by atoms with van der Waals surface area (Å²) < 4.78 is 40.2. The Bertz CT molecular complexity index is 716. The number of carbonyl (C=O) groups excluding carboxylic acids is 1. The molecule has 0 spiro atoms. The molecule has 2 heterocycles. The Morgan fingerprint density at radius 3 is 2.76 bits per heavy atom. The van der Waals surface area contributed by atoms with Gasteiger partial charge in [0.2, 0.25) is 5.91 Å². The van der Waals surface area contributed by atoms with Gasteiger partial charge < -0.3 is 5.32 Å². The molecule has 2 aromatic rings. The SMILES string of the molecule is CCCC(=O)NCc1c(C(F)(F)F)cc2cc[nH]n2c1=O. The van der Waals surface area contributed by atoms with Crippen molar-refractivity contribution in [2.75, 3.05) is 0 Å². The summed E-state index contributed by atoms with van der Waals surface area (Å²) in [5.74, 6) is -0.387. The van der Waals surface area contributed by atoms with Crippen LogP contribution in [0.4, 0.5) is 13.2 Å². The highest BCUT2D eigenvalue weighted by atomic mass is 19.4. The number of aromatic amines is 1. The minimum absolute atomic E-state index is 0.121. The van der Waals surface area contributed by atoms with Crippen LogP contribution in [-0.4, -0.2) is 15.5 Å². The molecule has 0 atom stereocenters. The molecule has 2 aromatic heterocycles. The molecular formula is C13H14F3N3O2. The molecule has 1 amide bonds. The van der Waals surface area contributed by atoms with Crippen molar-refractivity contribution in [3.63, 3.8) is 0 Å². The largest absolute Gasteiger partial charge is 0.417 e. The molecule has 0 saturated carbocycles. The fourth-order valence-electron chi connectivity index (χ4n) is 2.05. The third kappa shape index (κ3) is 3.09. The van der Waals surface area contributed by atoms with Gasteiger partial charge in [0.15, 0.2) is 0 Å². The van der Waals surface area contributed by atoms with Gasteiger partial charge in [-0.3, -0.25) is 14.7 Å². The molecule has 0 fully saturated rings. The molecular weight excluding hydrogens is 287 g/mol. The molecule has 0 aliphatic heterocycles. The van der Waals surface area contributed by atoms with Crippen molar-refractivity contribution in [2.45, 2.75) is 32.5 Å². The predicted molar refractivity (Wildman–Crippen MR) is 69.8 cm³/mol. The van der Waals surface area contributed by atoms with E-state index in [9.17, 15) is 22.8 Å². The van der Waals surface area contributed by atoms with Crippen molar-refractivity contribution in [3.05, 3.63) is 39.8 Å². The molecule has 0 aromatic carbocycles. The molecule has 0 radical (unpaired) electrons. The zero-order valence-electron chi connectivity index (χ0n) is 11.3. The average Bonchev–Trinajstić information content (AvgIpc) is 2.85. The van der Waals surface area contributed by atoms with Crippen LogP contribution in [0.25, 0.3) is 5.52 Å². The zero-order chi connectivity index (χ0) is 15.6. The van der Waals surface area contributed by atoms with Gasteiger partial charge in [-0.15, -0.1) is 0 Å². The molecule has 0 aliphatic rings. The third-order valence-corrected chi connectivity index (χ3v) is 3.04. The zero-order valence-corrected chi connectivity index (χ0v) is 11.3. The minimum atomic E-state index is -4.66. The Morgan fingerprint density at radius 1 is 1.43 bits per heavy atom. The van der Waals surface area contributed by atoms with E-state index in [-0.39, 0.29) is 17.8 Å². The number of hydrogen-bond donors (Lipinski definition) is 2. The third-order valence-electron chi connectivity index (χ3n) is 3.04. The lowest BCUT2D eigenvalue weighted by molar-refractivity contribution is -0.138. The number of pyridine rings is 1. The van der Waals surface area contributed by atoms with E-state index in [1.165, 1.54) is 12.3 Å². The Kier molecular flexibility index (Phi) is 4.06. The van der Waals surface area contributed by atoms with Gasteiger partial charge in [-0.25, -0.2) is 4.52 Å². The van der Waals surface area contributed by atoms with E-state index in [1.54, 1.807) is 6.92 Å². The summed E-state index contributed by atoms with van der Waals surface area (Å²) in [6, 6.07) is 2.26. The topological polar surface area (TPSA) is 66.4 Å². The number of amides is 1. The smallest absolute Gasteiger partial charge is 0.352 e. The quantitative estimate of drug-likeness (QED) is 0.908. The lowest BCUT2D eigenvalue weighted by Crippen LogP contribution is -2.31. The summed E-state index contributed by atoms with van der Waals surface area (Å²) in [5, 5.41) is 4.89. The highest BCUT2D eigenvalue weighted by Gasteiger charge is 2.35. The summed E-state index contributed by atoms with van der Waals surface area (Å²) in [6.07, 6.45) is -2.51. The van der Waals surface area contributed by atoms with Crippen LogP contribution in [0.1, 0.15) is 30.9 Å². The second-order valence-electron chi connectivity index (χ2n) is 4.59. The van der Waals surface area contributed by atoms with Crippen molar-refractivity contribution in [1.82, 2.24) is 14.9 Å². The van der Waals surface area contributed by atoms with E-state index in [4.69, 9.17) is 0 Å². The van der Waals surface area contributed by atoms with E-state index >= 15 is 0 Å². The predicted octanol–water partition coefficient (Wildman–Crippen LogP) is 2.06. The van der Waals surface area contributed by atoms with Gasteiger partial charge in [0.1, 0.15) is 0 Å². The Balaban J connectivity index is 2.46. The summed E-state index contributed by atoms with van der Waals surface area (Å²) in [5.41, 5.74) is -2.20. The first-order valence-electron chi connectivity index (χ1n) is 6.40. The summed E-state index contributed by atoms with van der Waals surface area (Å²) in [4.78, 5) is 23.5. The van der Waals surface area contributed by atoms with Crippen molar-refractivity contribution >= 4 is 11.4 Å². The number of rotatable bonds is 4. The summed E-state index contributed by atoms with van der Waals surface area (Å²) in [6.45, 7) is 1.33. The molecule has 114 valence electrons. The first kappa shape index (κ1) is 15.1. The monoisotopic (exact) mass is 301 g/mol. The van der Waals surface area contributed by atoms with E-state index in [0.29, 0.717) is 6.42 Å². The van der Waals surface area contributed by atoms with Crippen LogP contribution in [0, 0.1) is 0 Å². The fraction of sp³-hybridized carbons (Fsp3) is 0.385. The molecule has 0 aliphatic carbocycles. The van der Waals surface area contributed by atoms with Crippen molar-refractivity contribution < 1.29 is 18.0 Å². The number of fused-ring (bicyclic) bond motifs is 1. The maximum absolute atomic E-state index is 13.1. The second kappa shape index (κ2) is 5.63. The number of halogens is 3. The van der Waals surface area contributed by atoms with Gasteiger partial charge in [0.05, 0.1) is 16.6 Å². The highest BCUT2D eigenvalue weighted by molar-refractivity contribution is 5.75. The molecule has 0 bridgehead atoms. The maximum Gasteiger partial charge on any atom is 0.417 e. The molecule has 5 nitrogen and oxygen atoms in total. The number of hydrogen-bond acceptors (Lipinski definition) is 2.